The van der Waals surface area contributed by atoms with Crippen molar-refractivity contribution >= 4 is 11.7 Å². The summed E-state index contributed by atoms with van der Waals surface area (Å²) in [6.45, 7) is 3.82. The zero-order valence-corrected chi connectivity index (χ0v) is 10.5. The lowest BCUT2D eigenvalue weighted by molar-refractivity contribution is 0.182. The van der Waals surface area contributed by atoms with Crippen LogP contribution in [0.1, 0.15) is 25.3 Å². The summed E-state index contributed by atoms with van der Waals surface area (Å²) in [5.41, 5.74) is 1.33. The fourth-order valence-corrected chi connectivity index (χ4v) is 2.20. The largest absolute Gasteiger partial charge is 0.324 e. The SMILES string of the molecule is CC1CCCN(C(=O)Nc2ccc(C#N)cc2)C1. The third-order valence-electron chi connectivity index (χ3n) is 3.21. The van der Waals surface area contributed by atoms with Gasteiger partial charge in [-0.2, -0.15) is 5.26 Å². The Labute approximate surface area is 107 Å². The van der Waals surface area contributed by atoms with Crippen molar-refractivity contribution in [2.24, 2.45) is 5.92 Å². The average Bonchev–Trinajstić information content (AvgIpc) is 2.39. The standard InChI is InChI=1S/C14H17N3O/c1-11-3-2-8-17(10-11)14(18)16-13-6-4-12(9-15)5-7-13/h4-7,11H,2-3,8,10H2,1H3,(H,16,18). The number of hydrogen-bond acceptors (Lipinski definition) is 2. The highest BCUT2D eigenvalue weighted by Crippen LogP contribution is 2.17. The zero-order chi connectivity index (χ0) is 13.0. The minimum absolute atomic E-state index is 0.0498. The first-order chi connectivity index (χ1) is 8.69. The number of benzene rings is 1. The van der Waals surface area contributed by atoms with E-state index < -0.39 is 0 Å². The van der Waals surface area contributed by atoms with Gasteiger partial charge in [-0.1, -0.05) is 6.92 Å². The van der Waals surface area contributed by atoms with E-state index in [1.807, 2.05) is 4.90 Å². The Morgan fingerprint density at radius 1 is 1.44 bits per heavy atom. The van der Waals surface area contributed by atoms with Crippen LogP contribution >= 0.6 is 0 Å². The van der Waals surface area contributed by atoms with E-state index in [0.29, 0.717) is 11.5 Å². The predicted octanol–water partition coefficient (Wildman–Crippen LogP) is 2.82. The molecule has 94 valence electrons. The molecule has 2 rings (SSSR count). The zero-order valence-electron chi connectivity index (χ0n) is 10.5. The predicted molar refractivity (Wildman–Crippen MR) is 70.1 cm³/mol. The molecule has 0 aliphatic carbocycles. The van der Waals surface area contributed by atoms with Gasteiger partial charge in [-0.05, 0) is 43.0 Å². The van der Waals surface area contributed by atoms with Crippen LogP contribution in [0.5, 0.6) is 0 Å². The normalized spacial score (nSPS) is 19.1. The summed E-state index contributed by atoms with van der Waals surface area (Å²) >= 11 is 0. The molecule has 0 radical (unpaired) electrons. The van der Waals surface area contributed by atoms with Crippen LogP contribution in [0.25, 0.3) is 0 Å². The third kappa shape index (κ3) is 3.01. The lowest BCUT2D eigenvalue weighted by Crippen LogP contribution is -2.41. The number of nitrogens with zero attached hydrogens (tertiary/aromatic N) is 2. The van der Waals surface area contributed by atoms with Gasteiger partial charge in [0.25, 0.3) is 0 Å². The average molecular weight is 243 g/mol. The topological polar surface area (TPSA) is 56.1 Å². The molecule has 0 bridgehead atoms. The van der Waals surface area contributed by atoms with Gasteiger partial charge in [-0.3, -0.25) is 0 Å². The van der Waals surface area contributed by atoms with Crippen LogP contribution < -0.4 is 5.32 Å². The fourth-order valence-electron chi connectivity index (χ4n) is 2.20. The van der Waals surface area contributed by atoms with Crippen LogP contribution in [0.3, 0.4) is 0 Å². The second-order valence-electron chi connectivity index (χ2n) is 4.81. The van der Waals surface area contributed by atoms with Gasteiger partial charge in [0.15, 0.2) is 0 Å². The maximum atomic E-state index is 12.0. The van der Waals surface area contributed by atoms with Crippen molar-refractivity contribution in [2.75, 3.05) is 18.4 Å². The van der Waals surface area contributed by atoms with Gasteiger partial charge in [-0.15, -0.1) is 0 Å². The molecule has 4 heteroatoms. The number of anilines is 1. The Morgan fingerprint density at radius 3 is 2.78 bits per heavy atom. The molecule has 1 N–H and O–H groups in total. The quantitative estimate of drug-likeness (QED) is 0.824. The molecule has 2 amide bonds. The number of urea groups is 1. The third-order valence-corrected chi connectivity index (χ3v) is 3.21. The summed E-state index contributed by atoms with van der Waals surface area (Å²) in [6.07, 6.45) is 2.27. The van der Waals surface area contributed by atoms with Gasteiger partial charge in [0.05, 0.1) is 11.6 Å². The van der Waals surface area contributed by atoms with Gasteiger partial charge in [0.2, 0.25) is 0 Å². The molecule has 1 aromatic carbocycles. The molecule has 0 saturated carbocycles. The van der Waals surface area contributed by atoms with E-state index in [1.165, 1.54) is 6.42 Å². The summed E-state index contributed by atoms with van der Waals surface area (Å²) < 4.78 is 0. The van der Waals surface area contributed by atoms with Crippen molar-refractivity contribution in [3.8, 4) is 6.07 Å². The van der Waals surface area contributed by atoms with Crippen LogP contribution in [-0.2, 0) is 0 Å². The lowest BCUT2D eigenvalue weighted by atomic mass is 10.0. The number of nitriles is 1. The number of amides is 2. The molecule has 1 saturated heterocycles. The molecule has 1 atom stereocenters. The van der Waals surface area contributed by atoms with Gasteiger partial charge in [0, 0.05) is 18.8 Å². The molecule has 18 heavy (non-hydrogen) atoms. The van der Waals surface area contributed by atoms with E-state index in [-0.39, 0.29) is 6.03 Å². The molecular formula is C14H17N3O. The molecule has 1 heterocycles. The van der Waals surface area contributed by atoms with E-state index in [4.69, 9.17) is 5.26 Å². The first kappa shape index (κ1) is 12.4. The van der Waals surface area contributed by atoms with E-state index in [0.717, 1.165) is 25.2 Å². The van der Waals surface area contributed by atoms with Crippen LogP contribution in [0.4, 0.5) is 10.5 Å². The summed E-state index contributed by atoms with van der Waals surface area (Å²) in [5, 5.41) is 11.6. The van der Waals surface area contributed by atoms with Crippen molar-refractivity contribution in [3.63, 3.8) is 0 Å². The van der Waals surface area contributed by atoms with Gasteiger partial charge in [-0.25, -0.2) is 4.79 Å². The second kappa shape index (κ2) is 5.54. The van der Waals surface area contributed by atoms with Crippen LogP contribution in [0.15, 0.2) is 24.3 Å². The van der Waals surface area contributed by atoms with Crippen molar-refractivity contribution in [2.45, 2.75) is 19.8 Å². The van der Waals surface area contributed by atoms with E-state index >= 15 is 0 Å². The minimum Gasteiger partial charge on any atom is -0.324 e. The Bertz CT molecular complexity index is 461. The van der Waals surface area contributed by atoms with Gasteiger partial charge in [0.1, 0.15) is 0 Å². The number of likely N-dealkylation sites (tertiary alicyclic amines) is 1. The highest BCUT2D eigenvalue weighted by Gasteiger charge is 2.20. The summed E-state index contributed by atoms with van der Waals surface area (Å²) in [5.74, 6) is 0.575. The highest BCUT2D eigenvalue weighted by molar-refractivity contribution is 5.89. The first-order valence-electron chi connectivity index (χ1n) is 6.25. The van der Waals surface area contributed by atoms with Crippen molar-refractivity contribution in [1.29, 1.82) is 5.26 Å². The molecule has 1 unspecified atom stereocenters. The number of carbonyl (C=O) groups is 1. The number of piperidine rings is 1. The van der Waals surface area contributed by atoms with E-state index in [1.54, 1.807) is 24.3 Å². The number of carbonyl (C=O) groups excluding carboxylic acids is 1. The van der Waals surface area contributed by atoms with Crippen LogP contribution in [0.2, 0.25) is 0 Å². The highest BCUT2D eigenvalue weighted by atomic mass is 16.2. The van der Waals surface area contributed by atoms with Crippen molar-refractivity contribution < 1.29 is 4.79 Å². The van der Waals surface area contributed by atoms with Crippen molar-refractivity contribution in [1.82, 2.24) is 4.90 Å². The van der Waals surface area contributed by atoms with E-state index in [2.05, 4.69) is 18.3 Å². The number of nitrogens with one attached hydrogen (secondary N) is 1. The molecule has 1 aromatic rings. The summed E-state index contributed by atoms with van der Waals surface area (Å²) in [4.78, 5) is 13.9. The maximum Gasteiger partial charge on any atom is 0.321 e. The van der Waals surface area contributed by atoms with Gasteiger partial charge >= 0.3 is 6.03 Å². The monoisotopic (exact) mass is 243 g/mol. The number of rotatable bonds is 1. The summed E-state index contributed by atoms with van der Waals surface area (Å²) in [6, 6.07) is 8.92. The lowest BCUT2D eigenvalue weighted by Gasteiger charge is -2.30. The molecule has 1 aliphatic rings. The van der Waals surface area contributed by atoms with Crippen LogP contribution in [0, 0.1) is 17.2 Å². The number of hydrogen-bond donors (Lipinski definition) is 1. The van der Waals surface area contributed by atoms with Crippen molar-refractivity contribution in [3.05, 3.63) is 29.8 Å². The maximum absolute atomic E-state index is 12.0. The molecule has 4 nitrogen and oxygen atoms in total. The fraction of sp³-hybridized carbons (Fsp3) is 0.429. The molecule has 0 spiro atoms. The van der Waals surface area contributed by atoms with Crippen LogP contribution in [-0.4, -0.2) is 24.0 Å². The first-order valence-corrected chi connectivity index (χ1v) is 6.25. The smallest absolute Gasteiger partial charge is 0.321 e. The summed E-state index contributed by atoms with van der Waals surface area (Å²) in [7, 11) is 0. The second-order valence-corrected chi connectivity index (χ2v) is 4.81. The van der Waals surface area contributed by atoms with Gasteiger partial charge < -0.3 is 10.2 Å². The molecule has 0 aromatic heterocycles. The Balaban J connectivity index is 1.96. The van der Waals surface area contributed by atoms with E-state index in [9.17, 15) is 4.79 Å². The minimum atomic E-state index is -0.0498. The Kier molecular flexibility index (Phi) is 3.83. The Morgan fingerprint density at radius 2 is 2.17 bits per heavy atom. The Hall–Kier alpha value is -2.02. The molecule has 1 aliphatic heterocycles. The molecule has 1 fully saturated rings. The molecular weight excluding hydrogens is 226 g/mol.